The van der Waals surface area contributed by atoms with Crippen LogP contribution in [0.5, 0.6) is 0 Å². The van der Waals surface area contributed by atoms with Gasteiger partial charge in [0.2, 0.25) is 0 Å². The summed E-state index contributed by atoms with van der Waals surface area (Å²) in [5, 5.41) is 0. The summed E-state index contributed by atoms with van der Waals surface area (Å²) >= 11 is 0. The third kappa shape index (κ3) is 3.58. The fourth-order valence-corrected chi connectivity index (χ4v) is 4.52. The molecule has 5 heteroatoms. The van der Waals surface area contributed by atoms with E-state index in [4.69, 9.17) is 5.73 Å². The molecular formula is C16H26N2O2S. The van der Waals surface area contributed by atoms with Gasteiger partial charge in [0.15, 0.2) is 9.84 Å². The molecule has 1 fully saturated rings. The summed E-state index contributed by atoms with van der Waals surface area (Å²) in [6, 6.07) is 8.11. The third-order valence-corrected chi connectivity index (χ3v) is 6.20. The van der Waals surface area contributed by atoms with Crippen LogP contribution in [0.2, 0.25) is 0 Å². The molecule has 2 N–H and O–H groups in total. The average Bonchev–Trinajstić information content (AvgIpc) is 2.47. The van der Waals surface area contributed by atoms with E-state index in [0.29, 0.717) is 29.9 Å². The Balaban J connectivity index is 2.25. The second-order valence-corrected chi connectivity index (χ2v) is 8.00. The highest BCUT2D eigenvalue weighted by molar-refractivity contribution is 7.91. The van der Waals surface area contributed by atoms with Crippen molar-refractivity contribution in [3.8, 4) is 0 Å². The van der Waals surface area contributed by atoms with Crippen molar-refractivity contribution >= 4 is 15.5 Å². The summed E-state index contributed by atoms with van der Waals surface area (Å²) in [4.78, 5) is 2.77. The predicted molar refractivity (Wildman–Crippen MR) is 87.4 cm³/mol. The summed E-state index contributed by atoms with van der Waals surface area (Å²) < 4.78 is 24.1. The molecular weight excluding hydrogens is 284 g/mol. The number of hydrogen-bond donors (Lipinski definition) is 1. The number of sulfone groups is 1. The van der Waals surface area contributed by atoms with Crippen molar-refractivity contribution in [2.75, 3.05) is 17.2 Å². The minimum Gasteiger partial charge on any atom is -0.365 e. The molecule has 2 atom stereocenters. The molecule has 0 amide bonds. The molecule has 1 heterocycles. The van der Waals surface area contributed by atoms with Crippen molar-refractivity contribution in [2.24, 2.45) is 5.73 Å². The first-order chi connectivity index (χ1) is 9.99. The molecule has 1 aliphatic rings. The van der Waals surface area contributed by atoms with Gasteiger partial charge in [0.25, 0.3) is 0 Å². The Labute approximate surface area is 128 Å². The van der Waals surface area contributed by atoms with E-state index in [1.54, 1.807) is 12.1 Å². The van der Waals surface area contributed by atoms with E-state index < -0.39 is 9.84 Å². The molecule has 1 aromatic rings. The Hall–Kier alpha value is -1.07. The molecule has 0 saturated carbocycles. The van der Waals surface area contributed by atoms with Gasteiger partial charge in [0, 0.05) is 24.3 Å². The molecule has 2 rings (SSSR count). The van der Waals surface area contributed by atoms with E-state index in [1.807, 2.05) is 19.1 Å². The fourth-order valence-electron chi connectivity index (χ4n) is 3.20. The van der Waals surface area contributed by atoms with Crippen LogP contribution in [-0.2, 0) is 9.84 Å². The van der Waals surface area contributed by atoms with Gasteiger partial charge >= 0.3 is 0 Å². The first-order valence-electron chi connectivity index (χ1n) is 7.80. The summed E-state index contributed by atoms with van der Waals surface area (Å²) in [6.07, 6.45) is 4.12. The normalized spacial score (nSPS) is 23.3. The maximum atomic E-state index is 12.1. The summed E-state index contributed by atoms with van der Waals surface area (Å²) in [5.74, 6) is 0.206. The molecule has 1 aliphatic heterocycles. The van der Waals surface area contributed by atoms with Gasteiger partial charge in [-0.15, -0.1) is 0 Å². The van der Waals surface area contributed by atoms with Crippen LogP contribution in [0.3, 0.4) is 0 Å². The lowest BCUT2D eigenvalue weighted by Gasteiger charge is -2.42. The second kappa shape index (κ2) is 6.79. The lowest BCUT2D eigenvalue weighted by molar-refractivity contribution is 0.401. The van der Waals surface area contributed by atoms with E-state index in [9.17, 15) is 8.42 Å². The number of piperidine rings is 1. The molecule has 0 radical (unpaired) electrons. The summed E-state index contributed by atoms with van der Waals surface area (Å²) in [7, 11) is -3.13. The first-order valence-corrected chi connectivity index (χ1v) is 9.46. The first kappa shape index (κ1) is 16.3. The average molecular weight is 310 g/mol. The Kier molecular flexibility index (Phi) is 5.27. The highest BCUT2D eigenvalue weighted by atomic mass is 32.2. The largest absolute Gasteiger partial charge is 0.365 e. The molecule has 1 aromatic carbocycles. The van der Waals surface area contributed by atoms with Gasteiger partial charge in [-0.2, -0.15) is 0 Å². The van der Waals surface area contributed by atoms with E-state index in [2.05, 4.69) is 11.8 Å². The van der Waals surface area contributed by atoms with E-state index in [-0.39, 0.29) is 5.75 Å². The van der Waals surface area contributed by atoms with E-state index in [0.717, 1.165) is 18.5 Å². The van der Waals surface area contributed by atoms with E-state index in [1.165, 1.54) is 6.42 Å². The topological polar surface area (TPSA) is 63.4 Å². The van der Waals surface area contributed by atoms with Crippen LogP contribution in [0.1, 0.15) is 39.5 Å². The van der Waals surface area contributed by atoms with Crippen LogP contribution in [0.15, 0.2) is 29.2 Å². The summed E-state index contributed by atoms with van der Waals surface area (Å²) in [6.45, 7) is 4.73. The Morgan fingerprint density at radius 1 is 1.24 bits per heavy atom. The van der Waals surface area contributed by atoms with Gasteiger partial charge in [-0.1, -0.05) is 6.92 Å². The third-order valence-electron chi connectivity index (χ3n) is 4.27. The van der Waals surface area contributed by atoms with Crippen molar-refractivity contribution in [3.05, 3.63) is 24.3 Å². The molecule has 2 unspecified atom stereocenters. The summed E-state index contributed by atoms with van der Waals surface area (Å²) in [5.41, 5.74) is 6.97. The lowest BCUT2D eigenvalue weighted by atomic mass is 9.95. The Morgan fingerprint density at radius 3 is 2.48 bits per heavy atom. The number of rotatable bonds is 5. The zero-order valence-corrected chi connectivity index (χ0v) is 13.8. The molecule has 1 saturated heterocycles. The van der Waals surface area contributed by atoms with Crippen LogP contribution in [0, 0.1) is 0 Å². The van der Waals surface area contributed by atoms with Gasteiger partial charge in [-0.3, -0.25) is 0 Å². The Bertz CT molecular complexity index is 554. The number of hydrogen-bond acceptors (Lipinski definition) is 4. The monoisotopic (exact) mass is 310 g/mol. The minimum atomic E-state index is -3.13. The minimum absolute atomic E-state index is 0.206. The van der Waals surface area contributed by atoms with Crippen LogP contribution in [0.25, 0.3) is 0 Å². The van der Waals surface area contributed by atoms with Crippen LogP contribution in [0.4, 0.5) is 5.69 Å². The van der Waals surface area contributed by atoms with Crippen molar-refractivity contribution in [1.82, 2.24) is 0 Å². The maximum absolute atomic E-state index is 12.1. The van der Waals surface area contributed by atoms with E-state index >= 15 is 0 Å². The Morgan fingerprint density at radius 2 is 1.90 bits per heavy atom. The quantitative estimate of drug-likeness (QED) is 0.908. The fraction of sp³-hybridized carbons (Fsp3) is 0.625. The molecule has 21 heavy (non-hydrogen) atoms. The number of nitrogens with zero attached hydrogens (tertiary/aromatic N) is 1. The van der Waals surface area contributed by atoms with Crippen molar-refractivity contribution in [2.45, 2.75) is 56.5 Å². The number of nitrogens with two attached hydrogens (primary N) is 1. The van der Waals surface area contributed by atoms with Gasteiger partial charge in [-0.25, -0.2) is 8.42 Å². The van der Waals surface area contributed by atoms with Crippen molar-refractivity contribution in [3.63, 3.8) is 0 Å². The highest BCUT2D eigenvalue weighted by Crippen LogP contribution is 2.29. The van der Waals surface area contributed by atoms with Gasteiger partial charge in [-0.05, 0) is 56.9 Å². The number of anilines is 1. The molecule has 0 aliphatic carbocycles. The van der Waals surface area contributed by atoms with Crippen molar-refractivity contribution < 1.29 is 8.42 Å². The second-order valence-electron chi connectivity index (χ2n) is 5.89. The zero-order valence-electron chi connectivity index (χ0n) is 13.0. The lowest BCUT2D eigenvalue weighted by Crippen LogP contribution is -2.49. The van der Waals surface area contributed by atoms with Gasteiger partial charge < -0.3 is 10.6 Å². The zero-order chi connectivity index (χ0) is 15.5. The molecule has 4 nitrogen and oxygen atoms in total. The smallest absolute Gasteiger partial charge is 0.178 e. The maximum Gasteiger partial charge on any atom is 0.178 e. The molecule has 0 bridgehead atoms. The standard InChI is InChI=1S/C16H26N2O2S/c1-3-11-21(19,20)16-9-7-14(8-10-16)18-13(2)5-4-6-15(18)12-17/h7-10,13,15H,3-6,11-12,17H2,1-2H3. The van der Waals surface area contributed by atoms with Gasteiger partial charge in [0.1, 0.15) is 0 Å². The molecule has 0 spiro atoms. The van der Waals surface area contributed by atoms with Crippen LogP contribution >= 0.6 is 0 Å². The van der Waals surface area contributed by atoms with Crippen LogP contribution in [-0.4, -0.2) is 32.8 Å². The highest BCUT2D eigenvalue weighted by Gasteiger charge is 2.27. The number of benzene rings is 1. The predicted octanol–water partition coefficient (Wildman–Crippen LogP) is 2.58. The van der Waals surface area contributed by atoms with Gasteiger partial charge in [0.05, 0.1) is 10.6 Å². The molecule has 0 aromatic heterocycles. The van der Waals surface area contributed by atoms with Crippen LogP contribution < -0.4 is 10.6 Å². The molecule has 118 valence electrons. The van der Waals surface area contributed by atoms with Crippen molar-refractivity contribution in [1.29, 1.82) is 0 Å². The SMILES string of the molecule is CCCS(=O)(=O)c1ccc(N2C(C)CCCC2CN)cc1.